The van der Waals surface area contributed by atoms with E-state index in [1.165, 1.54) is 11.6 Å². The molecule has 0 atom stereocenters. The molecule has 0 saturated carbocycles. The van der Waals surface area contributed by atoms with E-state index < -0.39 is 11.2 Å². The minimum atomic E-state index is -0.429. The third-order valence-corrected chi connectivity index (χ3v) is 4.58. The second-order valence-corrected chi connectivity index (χ2v) is 6.77. The van der Waals surface area contributed by atoms with E-state index in [9.17, 15) is 9.59 Å². The minimum Gasteiger partial charge on any atom is -0.494 e. The standard InChI is InChI=1S/C18H21ClN4O3/c1-11-8-12(2)10-13(9-11)26-7-5-6-23-14-15(20-17(23)19)21(3)18(25)22(4)16(14)24/h8-10H,5-7H2,1-4H3. The summed E-state index contributed by atoms with van der Waals surface area (Å²) in [5, 5.41) is 0.185. The Balaban J connectivity index is 1.80. The molecule has 3 rings (SSSR count). The Morgan fingerprint density at radius 3 is 2.38 bits per heavy atom. The summed E-state index contributed by atoms with van der Waals surface area (Å²) < 4.78 is 9.81. The number of aryl methyl sites for hydroxylation is 4. The zero-order valence-electron chi connectivity index (χ0n) is 15.2. The van der Waals surface area contributed by atoms with Crippen molar-refractivity contribution >= 4 is 22.8 Å². The number of nitrogens with zero attached hydrogens (tertiary/aromatic N) is 4. The fourth-order valence-corrected chi connectivity index (χ4v) is 3.30. The summed E-state index contributed by atoms with van der Waals surface area (Å²) in [5.74, 6) is 0.822. The lowest BCUT2D eigenvalue weighted by molar-refractivity contribution is 0.302. The van der Waals surface area contributed by atoms with Gasteiger partial charge in [0.2, 0.25) is 5.28 Å². The van der Waals surface area contributed by atoms with Crippen LogP contribution in [0.15, 0.2) is 27.8 Å². The van der Waals surface area contributed by atoms with Gasteiger partial charge in [-0.1, -0.05) is 6.07 Å². The molecule has 2 aromatic heterocycles. The van der Waals surface area contributed by atoms with Gasteiger partial charge in [-0.3, -0.25) is 13.9 Å². The average molecular weight is 377 g/mol. The zero-order valence-corrected chi connectivity index (χ0v) is 16.0. The number of hydrogen-bond donors (Lipinski definition) is 0. The zero-order chi connectivity index (χ0) is 19.0. The molecule has 0 unspecified atom stereocenters. The molecule has 7 nitrogen and oxygen atoms in total. The minimum absolute atomic E-state index is 0.185. The normalized spacial score (nSPS) is 11.3. The van der Waals surface area contributed by atoms with Crippen LogP contribution >= 0.6 is 11.6 Å². The first-order valence-electron chi connectivity index (χ1n) is 8.32. The quantitative estimate of drug-likeness (QED) is 0.505. The molecule has 0 aliphatic heterocycles. The Labute approximate surface area is 155 Å². The highest BCUT2D eigenvalue weighted by molar-refractivity contribution is 6.29. The van der Waals surface area contributed by atoms with E-state index in [4.69, 9.17) is 16.3 Å². The van der Waals surface area contributed by atoms with Gasteiger partial charge in [-0.05, 0) is 55.1 Å². The van der Waals surface area contributed by atoms with Crippen molar-refractivity contribution < 1.29 is 4.74 Å². The number of aromatic nitrogens is 4. The fourth-order valence-electron chi connectivity index (χ4n) is 3.05. The van der Waals surface area contributed by atoms with Crippen LogP contribution in [0, 0.1) is 13.8 Å². The van der Waals surface area contributed by atoms with Crippen molar-refractivity contribution in [3.63, 3.8) is 0 Å². The van der Waals surface area contributed by atoms with Crippen LogP contribution in [0.3, 0.4) is 0 Å². The van der Waals surface area contributed by atoms with Gasteiger partial charge in [0, 0.05) is 20.6 Å². The molecule has 0 amide bonds. The maximum absolute atomic E-state index is 12.5. The van der Waals surface area contributed by atoms with Gasteiger partial charge in [-0.15, -0.1) is 0 Å². The summed E-state index contributed by atoms with van der Waals surface area (Å²) in [6.45, 7) is 4.99. The van der Waals surface area contributed by atoms with Crippen LogP contribution < -0.4 is 16.0 Å². The molecule has 0 aliphatic rings. The van der Waals surface area contributed by atoms with Gasteiger partial charge in [0.05, 0.1) is 6.61 Å². The Morgan fingerprint density at radius 1 is 1.08 bits per heavy atom. The maximum atomic E-state index is 12.5. The molecule has 0 spiro atoms. The first-order chi connectivity index (χ1) is 12.3. The number of halogens is 1. The number of fused-ring (bicyclic) bond motifs is 1. The second-order valence-electron chi connectivity index (χ2n) is 6.44. The van der Waals surface area contributed by atoms with E-state index in [1.54, 1.807) is 11.6 Å². The van der Waals surface area contributed by atoms with Crippen molar-refractivity contribution in [2.45, 2.75) is 26.8 Å². The van der Waals surface area contributed by atoms with Crippen LogP contribution in [0.2, 0.25) is 5.28 Å². The number of ether oxygens (including phenoxy) is 1. The second kappa shape index (κ2) is 6.99. The molecule has 2 heterocycles. The summed E-state index contributed by atoms with van der Waals surface area (Å²) >= 11 is 6.20. The third kappa shape index (κ3) is 3.26. The molecule has 0 bridgehead atoms. The van der Waals surface area contributed by atoms with E-state index in [1.807, 2.05) is 26.0 Å². The first-order valence-corrected chi connectivity index (χ1v) is 8.70. The monoisotopic (exact) mass is 376 g/mol. The van der Waals surface area contributed by atoms with E-state index in [2.05, 4.69) is 11.1 Å². The fraction of sp³-hybridized carbons (Fsp3) is 0.389. The van der Waals surface area contributed by atoms with Gasteiger partial charge < -0.3 is 9.30 Å². The van der Waals surface area contributed by atoms with Crippen molar-refractivity contribution in [1.29, 1.82) is 0 Å². The van der Waals surface area contributed by atoms with E-state index in [0.717, 1.165) is 21.4 Å². The SMILES string of the molecule is Cc1cc(C)cc(OCCCn2c(Cl)nc3c2c(=O)n(C)c(=O)n3C)c1. The molecule has 0 N–H and O–H groups in total. The summed E-state index contributed by atoms with van der Waals surface area (Å²) in [6, 6.07) is 6.06. The Kier molecular flexibility index (Phi) is 4.91. The lowest BCUT2D eigenvalue weighted by atomic mass is 10.1. The van der Waals surface area contributed by atoms with Gasteiger partial charge in [0.25, 0.3) is 5.56 Å². The summed E-state index contributed by atoms with van der Waals surface area (Å²) in [4.78, 5) is 28.6. The van der Waals surface area contributed by atoms with Crippen LogP contribution in [0.25, 0.3) is 11.2 Å². The molecule has 138 valence electrons. The van der Waals surface area contributed by atoms with Gasteiger partial charge in [-0.2, -0.15) is 4.98 Å². The Morgan fingerprint density at radius 2 is 1.73 bits per heavy atom. The Hall–Kier alpha value is -2.54. The van der Waals surface area contributed by atoms with Crippen LogP contribution in [0.1, 0.15) is 17.5 Å². The topological polar surface area (TPSA) is 71.1 Å². The van der Waals surface area contributed by atoms with Crippen molar-refractivity contribution in [3.05, 3.63) is 55.4 Å². The number of benzene rings is 1. The van der Waals surface area contributed by atoms with Gasteiger partial charge in [0.1, 0.15) is 5.75 Å². The van der Waals surface area contributed by atoms with E-state index in [-0.39, 0.29) is 5.28 Å². The van der Waals surface area contributed by atoms with Crippen LogP contribution in [0.4, 0.5) is 0 Å². The van der Waals surface area contributed by atoms with E-state index >= 15 is 0 Å². The van der Waals surface area contributed by atoms with Crippen molar-refractivity contribution in [1.82, 2.24) is 18.7 Å². The van der Waals surface area contributed by atoms with Gasteiger partial charge in [-0.25, -0.2) is 4.79 Å². The predicted molar refractivity (Wildman–Crippen MR) is 101 cm³/mol. The number of rotatable bonds is 5. The third-order valence-electron chi connectivity index (χ3n) is 4.29. The summed E-state index contributed by atoms with van der Waals surface area (Å²) in [7, 11) is 3.01. The lowest BCUT2D eigenvalue weighted by Gasteiger charge is -2.10. The highest BCUT2D eigenvalue weighted by Gasteiger charge is 2.17. The maximum Gasteiger partial charge on any atom is 0.332 e. The average Bonchev–Trinajstić information content (AvgIpc) is 2.91. The van der Waals surface area contributed by atoms with Crippen molar-refractivity contribution in [3.8, 4) is 5.75 Å². The molecule has 1 aromatic carbocycles. The first kappa shape index (κ1) is 18.3. The molecule has 26 heavy (non-hydrogen) atoms. The van der Waals surface area contributed by atoms with Crippen molar-refractivity contribution in [2.75, 3.05) is 6.61 Å². The predicted octanol–water partition coefficient (Wildman–Crippen LogP) is 2.17. The highest BCUT2D eigenvalue weighted by atomic mass is 35.5. The molecule has 8 heteroatoms. The van der Waals surface area contributed by atoms with Crippen LogP contribution in [0.5, 0.6) is 5.75 Å². The molecule has 0 radical (unpaired) electrons. The Bertz CT molecular complexity index is 1070. The lowest BCUT2D eigenvalue weighted by Crippen LogP contribution is -2.37. The molecule has 0 saturated heterocycles. The summed E-state index contributed by atoms with van der Waals surface area (Å²) in [6.07, 6.45) is 0.643. The summed E-state index contributed by atoms with van der Waals surface area (Å²) in [5.41, 5.74) is 2.07. The number of hydrogen-bond acceptors (Lipinski definition) is 4. The highest BCUT2D eigenvalue weighted by Crippen LogP contribution is 2.18. The van der Waals surface area contributed by atoms with E-state index in [0.29, 0.717) is 30.7 Å². The van der Waals surface area contributed by atoms with Crippen LogP contribution in [-0.2, 0) is 20.6 Å². The van der Waals surface area contributed by atoms with Gasteiger partial charge >= 0.3 is 5.69 Å². The molecule has 0 fully saturated rings. The van der Waals surface area contributed by atoms with Crippen molar-refractivity contribution in [2.24, 2.45) is 14.1 Å². The molecule has 3 aromatic rings. The molecular weight excluding hydrogens is 356 g/mol. The molecule has 0 aliphatic carbocycles. The van der Waals surface area contributed by atoms with Gasteiger partial charge in [0.15, 0.2) is 11.2 Å². The largest absolute Gasteiger partial charge is 0.494 e. The smallest absolute Gasteiger partial charge is 0.332 e. The van der Waals surface area contributed by atoms with Crippen LogP contribution in [-0.4, -0.2) is 25.3 Å². The molecular formula is C18H21ClN4O3. The number of imidazole rings is 1.